The zero-order valence-corrected chi connectivity index (χ0v) is 51.4. The van der Waals surface area contributed by atoms with Gasteiger partial charge in [0, 0.05) is 19.3 Å². The molecule has 0 rings (SSSR count). The number of rotatable bonds is 60. The standard InChI is InChI=1S/C72H124O6/c1-4-7-10-13-16-19-22-25-27-29-31-33-35-37-38-40-42-44-47-50-53-56-59-62-65-71(74)77-68-69(67-76-70(73)64-61-58-55-52-49-46-24-21-18-15-12-9-6-3)78-72(75)66-63-60-57-54-51-48-45-43-41-39-36-34-32-30-28-26-23-20-17-14-11-8-5-2/h8-9,11-12,17-18,20-21,26,28,32,34,39,41,46,49,69H,4-7,10,13-16,19,22-25,27,29-31,33,35-38,40,42-45,47-48,50-68H2,1-3H3/b11-8-,12-9-,20-17-,21-18-,28-26-,34-32-,41-39-,49-46-. The Morgan fingerprint density at radius 1 is 0.269 bits per heavy atom. The molecule has 0 fully saturated rings. The lowest BCUT2D eigenvalue weighted by atomic mass is 10.0. The third-order valence-corrected chi connectivity index (χ3v) is 14.3. The van der Waals surface area contributed by atoms with Crippen LogP contribution in [0.2, 0.25) is 0 Å². The van der Waals surface area contributed by atoms with Gasteiger partial charge in [-0.2, -0.15) is 0 Å². The van der Waals surface area contributed by atoms with Crippen molar-refractivity contribution in [2.24, 2.45) is 0 Å². The van der Waals surface area contributed by atoms with Gasteiger partial charge in [-0.05, 0) is 96.3 Å². The molecule has 0 amide bonds. The van der Waals surface area contributed by atoms with Crippen molar-refractivity contribution in [3.05, 3.63) is 97.2 Å². The van der Waals surface area contributed by atoms with Crippen LogP contribution in [0.1, 0.15) is 323 Å². The Balaban J connectivity index is 4.33. The van der Waals surface area contributed by atoms with E-state index in [9.17, 15) is 14.4 Å². The summed E-state index contributed by atoms with van der Waals surface area (Å²) in [6.45, 7) is 6.42. The van der Waals surface area contributed by atoms with Gasteiger partial charge in [0.1, 0.15) is 13.2 Å². The first kappa shape index (κ1) is 74.3. The topological polar surface area (TPSA) is 78.9 Å². The number of esters is 3. The molecule has 78 heavy (non-hydrogen) atoms. The molecule has 448 valence electrons. The van der Waals surface area contributed by atoms with Crippen LogP contribution in [0.3, 0.4) is 0 Å². The smallest absolute Gasteiger partial charge is 0.306 e. The van der Waals surface area contributed by atoms with Crippen molar-refractivity contribution in [3.8, 4) is 0 Å². The number of carbonyl (C=O) groups is 3. The van der Waals surface area contributed by atoms with E-state index in [1.165, 1.54) is 161 Å². The lowest BCUT2D eigenvalue weighted by Gasteiger charge is -2.18. The van der Waals surface area contributed by atoms with E-state index < -0.39 is 6.10 Å². The van der Waals surface area contributed by atoms with E-state index in [2.05, 4.69) is 118 Å². The molecule has 6 heteroatoms. The zero-order chi connectivity index (χ0) is 56.4. The normalized spacial score (nSPS) is 12.7. The highest BCUT2D eigenvalue weighted by molar-refractivity contribution is 5.71. The average molecular weight is 1090 g/mol. The molecule has 6 nitrogen and oxygen atoms in total. The second kappa shape index (κ2) is 65.8. The Morgan fingerprint density at radius 2 is 0.500 bits per heavy atom. The van der Waals surface area contributed by atoms with Gasteiger partial charge in [-0.1, -0.05) is 304 Å². The zero-order valence-electron chi connectivity index (χ0n) is 51.4. The number of ether oxygens (including phenoxy) is 3. The molecule has 1 unspecified atom stereocenters. The van der Waals surface area contributed by atoms with Gasteiger partial charge in [-0.25, -0.2) is 0 Å². The minimum absolute atomic E-state index is 0.0894. The Labute approximate surface area is 483 Å². The number of hydrogen-bond donors (Lipinski definition) is 0. The minimum Gasteiger partial charge on any atom is -0.462 e. The van der Waals surface area contributed by atoms with Crippen LogP contribution in [0, 0.1) is 0 Å². The minimum atomic E-state index is -0.797. The van der Waals surface area contributed by atoms with E-state index >= 15 is 0 Å². The summed E-state index contributed by atoms with van der Waals surface area (Å²) >= 11 is 0. The molecule has 1 atom stereocenters. The lowest BCUT2D eigenvalue weighted by molar-refractivity contribution is -0.167. The average Bonchev–Trinajstić information content (AvgIpc) is 3.44. The Kier molecular flexibility index (Phi) is 62.7. The molecule has 0 radical (unpaired) electrons. The van der Waals surface area contributed by atoms with Gasteiger partial charge in [0.2, 0.25) is 0 Å². The molecule has 0 saturated carbocycles. The molecule has 0 aliphatic carbocycles. The molecule has 0 spiro atoms. The maximum atomic E-state index is 12.9. The monoisotopic (exact) mass is 1080 g/mol. The number of allylic oxidation sites excluding steroid dienone is 16. The van der Waals surface area contributed by atoms with E-state index in [1.54, 1.807) is 0 Å². The van der Waals surface area contributed by atoms with Crippen LogP contribution in [-0.4, -0.2) is 37.2 Å². The molecule has 0 aromatic heterocycles. The summed E-state index contributed by atoms with van der Waals surface area (Å²) in [6, 6.07) is 0. The summed E-state index contributed by atoms with van der Waals surface area (Å²) in [5.74, 6) is -0.919. The molecule has 0 heterocycles. The van der Waals surface area contributed by atoms with Crippen molar-refractivity contribution < 1.29 is 28.6 Å². The molecule has 0 bridgehead atoms. The van der Waals surface area contributed by atoms with E-state index in [-0.39, 0.29) is 31.1 Å². The largest absolute Gasteiger partial charge is 0.462 e. The molecule has 0 N–H and O–H groups in total. The predicted molar refractivity (Wildman–Crippen MR) is 339 cm³/mol. The van der Waals surface area contributed by atoms with Gasteiger partial charge in [0.25, 0.3) is 0 Å². The van der Waals surface area contributed by atoms with Crippen molar-refractivity contribution in [2.45, 2.75) is 329 Å². The summed E-state index contributed by atoms with van der Waals surface area (Å²) in [5, 5.41) is 0. The molecular formula is C72H124O6. The van der Waals surface area contributed by atoms with Gasteiger partial charge in [-0.3, -0.25) is 14.4 Å². The summed E-state index contributed by atoms with van der Waals surface area (Å²) in [6.07, 6.45) is 88.6. The van der Waals surface area contributed by atoms with Crippen molar-refractivity contribution >= 4 is 17.9 Å². The van der Waals surface area contributed by atoms with E-state index in [4.69, 9.17) is 14.2 Å². The Hall–Kier alpha value is -3.67. The van der Waals surface area contributed by atoms with E-state index in [1.807, 2.05) is 0 Å². The van der Waals surface area contributed by atoms with Crippen LogP contribution in [0.25, 0.3) is 0 Å². The quantitative estimate of drug-likeness (QED) is 0.0261. The Morgan fingerprint density at radius 3 is 0.795 bits per heavy atom. The third kappa shape index (κ3) is 63.2. The van der Waals surface area contributed by atoms with Crippen LogP contribution >= 0.6 is 0 Å². The second-order valence-electron chi connectivity index (χ2n) is 22.0. The molecule has 0 aliphatic rings. The van der Waals surface area contributed by atoms with Crippen molar-refractivity contribution in [1.29, 1.82) is 0 Å². The predicted octanol–water partition coefficient (Wildman–Crippen LogP) is 22.8. The highest BCUT2D eigenvalue weighted by Crippen LogP contribution is 2.17. The summed E-state index contributed by atoms with van der Waals surface area (Å²) in [4.78, 5) is 38.3. The van der Waals surface area contributed by atoms with Crippen LogP contribution in [-0.2, 0) is 28.6 Å². The number of carbonyl (C=O) groups excluding carboxylic acids is 3. The third-order valence-electron chi connectivity index (χ3n) is 14.3. The fourth-order valence-corrected chi connectivity index (χ4v) is 9.43. The number of unbranched alkanes of at least 4 members (excludes halogenated alkanes) is 33. The van der Waals surface area contributed by atoms with Gasteiger partial charge in [-0.15, -0.1) is 0 Å². The first-order valence-corrected chi connectivity index (χ1v) is 33.2. The van der Waals surface area contributed by atoms with Crippen LogP contribution in [0.5, 0.6) is 0 Å². The molecular weight excluding hydrogens is 961 g/mol. The fourth-order valence-electron chi connectivity index (χ4n) is 9.43. The lowest BCUT2D eigenvalue weighted by Crippen LogP contribution is -2.30. The van der Waals surface area contributed by atoms with Crippen molar-refractivity contribution in [1.82, 2.24) is 0 Å². The van der Waals surface area contributed by atoms with Gasteiger partial charge < -0.3 is 14.2 Å². The van der Waals surface area contributed by atoms with Crippen molar-refractivity contribution in [3.63, 3.8) is 0 Å². The van der Waals surface area contributed by atoms with E-state index in [0.717, 1.165) is 122 Å². The van der Waals surface area contributed by atoms with Crippen LogP contribution in [0.15, 0.2) is 97.2 Å². The van der Waals surface area contributed by atoms with Crippen molar-refractivity contribution in [2.75, 3.05) is 13.2 Å². The van der Waals surface area contributed by atoms with Crippen LogP contribution in [0.4, 0.5) is 0 Å². The van der Waals surface area contributed by atoms with Crippen LogP contribution < -0.4 is 0 Å². The molecule has 0 saturated heterocycles. The molecule has 0 aliphatic heterocycles. The maximum absolute atomic E-state index is 12.9. The highest BCUT2D eigenvalue weighted by Gasteiger charge is 2.19. The fraction of sp³-hybridized carbons (Fsp3) is 0.736. The summed E-state index contributed by atoms with van der Waals surface area (Å²) in [5.41, 5.74) is 0. The van der Waals surface area contributed by atoms with Gasteiger partial charge in [0.15, 0.2) is 6.10 Å². The molecule has 0 aromatic rings. The summed E-state index contributed by atoms with van der Waals surface area (Å²) in [7, 11) is 0. The maximum Gasteiger partial charge on any atom is 0.306 e. The van der Waals surface area contributed by atoms with Gasteiger partial charge in [0.05, 0.1) is 0 Å². The summed E-state index contributed by atoms with van der Waals surface area (Å²) < 4.78 is 16.9. The SMILES string of the molecule is CC/C=C\C/C=C\C/C=C\C/C=C\C/C=C\CCCCCCCCCC(=O)OC(COC(=O)CCCCC/C=C\C/C=C\C/C=C\CC)COC(=O)CCCCCCCCCCCCCCCCCCCCCCCCCC. The first-order valence-electron chi connectivity index (χ1n) is 33.2. The van der Waals surface area contributed by atoms with Gasteiger partial charge >= 0.3 is 17.9 Å². The molecule has 0 aromatic carbocycles. The highest BCUT2D eigenvalue weighted by atomic mass is 16.6. The first-order chi connectivity index (χ1) is 38.5. The number of hydrogen-bond acceptors (Lipinski definition) is 6. The van der Waals surface area contributed by atoms with E-state index in [0.29, 0.717) is 19.3 Å². The second-order valence-corrected chi connectivity index (χ2v) is 22.0. The Bertz CT molecular complexity index is 1530.